The van der Waals surface area contributed by atoms with Gasteiger partial charge in [-0.1, -0.05) is 12.1 Å². The second-order valence-electron chi connectivity index (χ2n) is 5.19. The largest absolute Gasteiger partial charge is 0.497 e. The zero-order valence-electron chi connectivity index (χ0n) is 12.4. The highest BCUT2D eigenvalue weighted by molar-refractivity contribution is 5.79. The van der Waals surface area contributed by atoms with Crippen LogP contribution in [0.3, 0.4) is 0 Å². The summed E-state index contributed by atoms with van der Waals surface area (Å²) in [7, 11) is 1.65. The fourth-order valence-electron chi connectivity index (χ4n) is 2.82. The van der Waals surface area contributed by atoms with Crippen LogP contribution >= 0.6 is 0 Å². The molecule has 0 saturated carbocycles. The average Bonchev–Trinajstić information content (AvgIpc) is 2.49. The van der Waals surface area contributed by atoms with E-state index in [1.165, 1.54) is 0 Å². The van der Waals surface area contributed by atoms with Crippen LogP contribution in [-0.4, -0.2) is 43.6 Å². The van der Waals surface area contributed by atoms with Gasteiger partial charge in [-0.25, -0.2) is 0 Å². The van der Waals surface area contributed by atoms with E-state index in [4.69, 9.17) is 4.74 Å². The van der Waals surface area contributed by atoms with Gasteiger partial charge in [0, 0.05) is 12.6 Å². The molecule has 1 fully saturated rings. The first kappa shape index (κ1) is 14.9. The van der Waals surface area contributed by atoms with Crippen LogP contribution in [0.5, 0.6) is 5.75 Å². The zero-order chi connectivity index (χ0) is 14.4. The van der Waals surface area contributed by atoms with Crippen LogP contribution < -0.4 is 10.1 Å². The number of carbonyl (C=O) groups excluding carboxylic acids is 1. The highest BCUT2D eigenvalue weighted by atomic mass is 16.5. The molecule has 4 heteroatoms. The first-order chi connectivity index (χ1) is 9.74. The first-order valence-electron chi connectivity index (χ1n) is 7.37. The third-order valence-electron chi connectivity index (χ3n) is 3.90. The second-order valence-corrected chi connectivity index (χ2v) is 5.19. The Hall–Kier alpha value is -1.55. The third kappa shape index (κ3) is 3.73. The van der Waals surface area contributed by atoms with Crippen LogP contribution in [0.15, 0.2) is 24.3 Å². The average molecular weight is 276 g/mol. The standard InChI is InChI=1S/C16H24N2O2/c1-3-18(14-7-9-17-10-8-14)16(19)12-13-5-4-6-15(11-13)20-2/h4-6,11,14,17H,3,7-10,12H2,1-2H3. The minimum absolute atomic E-state index is 0.215. The van der Waals surface area contributed by atoms with Gasteiger partial charge in [0.2, 0.25) is 5.91 Å². The maximum absolute atomic E-state index is 12.5. The number of nitrogens with zero attached hydrogens (tertiary/aromatic N) is 1. The van der Waals surface area contributed by atoms with Gasteiger partial charge in [0.05, 0.1) is 13.5 Å². The number of benzene rings is 1. The summed E-state index contributed by atoms with van der Waals surface area (Å²) in [4.78, 5) is 14.5. The Morgan fingerprint density at radius 1 is 1.40 bits per heavy atom. The van der Waals surface area contributed by atoms with E-state index < -0.39 is 0 Å². The molecule has 0 atom stereocenters. The predicted molar refractivity (Wildman–Crippen MR) is 80.0 cm³/mol. The van der Waals surface area contributed by atoms with Gasteiger partial charge >= 0.3 is 0 Å². The maximum Gasteiger partial charge on any atom is 0.227 e. The van der Waals surface area contributed by atoms with Crippen molar-refractivity contribution in [3.05, 3.63) is 29.8 Å². The molecule has 0 spiro atoms. The van der Waals surface area contributed by atoms with E-state index in [0.717, 1.165) is 43.8 Å². The van der Waals surface area contributed by atoms with Crippen LogP contribution in [0, 0.1) is 0 Å². The molecule has 1 aliphatic rings. The van der Waals surface area contributed by atoms with Crippen LogP contribution in [-0.2, 0) is 11.2 Å². The Morgan fingerprint density at radius 2 is 2.15 bits per heavy atom. The molecule has 4 nitrogen and oxygen atoms in total. The first-order valence-corrected chi connectivity index (χ1v) is 7.37. The summed E-state index contributed by atoms with van der Waals surface area (Å²) in [5, 5.41) is 3.34. The Balaban J connectivity index is 2.00. The van der Waals surface area contributed by atoms with Crippen molar-refractivity contribution in [2.24, 2.45) is 0 Å². The van der Waals surface area contributed by atoms with Gasteiger partial charge < -0.3 is 15.0 Å². The number of carbonyl (C=O) groups is 1. The molecule has 0 radical (unpaired) electrons. The monoisotopic (exact) mass is 276 g/mol. The molecule has 1 heterocycles. The van der Waals surface area contributed by atoms with Crippen molar-refractivity contribution in [3.8, 4) is 5.75 Å². The fraction of sp³-hybridized carbons (Fsp3) is 0.562. The fourth-order valence-corrected chi connectivity index (χ4v) is 2.82. The summed E-state index contributed by atoms with van der Waals surface area (Å²) in [6, 6.07) is 8.14. The van der Waals surface area contributed by atoms with Crippen LogP contribution in [0.25, 0.3) is 0 Å². The normalized spacial score (nSPS) is 15.9. The molecule has 1 aliphatic heterocycles. The Kier molecular flexibility index (Phi) is 5.41. The number of piperidine rings is 1. The van der Waals surface area contributed by atoms with Crippen molar-refractivity contribution in [3.63, 3.8) is 0 Å². The van der Waals surface area contributed by atoms with Crippen molar-refractivity contribution < 1.29 is 9.53 Å². The summed E-state index contributed by atoms with van der Waals surface area (Å²) < 4.78 is 5.21. The number of hydrogen-bond donors (Lipinski definition) is 1. The van der Waals surface area contributed by atoms with E-state index in [0.29, 0.717) is 12.5 Å². The van der Waals surface area contributed by atoms with Gasteiger partial charge in [-0.2, -0.15) is 0 Å². The molecule has 20 heavy (non-hydrogen) atoms. The molecule has 2 rings (SSSR count). The predicted octanol–water partition coefficient (Wildman–Crippen LogP) is 1.84. The van der Waals surface area contributed by atoms with Crippen LogP contribution in [0.2, 0.25) is 0 Å². The lowest BCUT2D eigenvalue weighted by Crippen LogP contribution is -2.46. The van der Waals surface area contributed by atoms with Gasteiger partial charge in [0.25, 0.3) is 0 Å². The molecule has 0 unspecified atom stereocenters. The van der Waals surface area contributed by atoms with Crippen LogP contribution in [0.1, 0.15) is 25.3 Å². The summed E-state index contributed by atoms with van der Waals surface area (Å²) in [5.74, 6) is 1.02. The summed E-state index contributed by atoms with van der Waals surface area (Å²) in [5.41, 5.74) is 1.02. The Morgan fingerprint density at radius 3 is 2.80 bits per heavy atom. The van der Waals surface area contributed by atoms with Crippen molar-refractivity contribution in [2.75, 3.05) is 26.7 Å². The number of methoxy groups -OCH3 is 1. The molecule has 1 aromatic rings. The van der Waals surface area contributed by atoms with Crippen LogP contribution in [0.4, 0.5) is 0 Å². The molecule has 0 bridgehead atoms. The van der Waals surface area contributed by atoms with Gasteiger partial charge in [-0.3, -0.25) is 4.79 Å². The lowest BCUT2D eigenvalue weighted by Gasteiger charge is -2.34. The summed E-state index contributed by atoms with van der Waals surface area (Å²) >= 11 is 0. The number of rotatable bonds is 5. The van der Waals surface area contributed by atoms with E-state index in [1.54, 1.807) is 7.11 Å². The van der Waals surface area contributed by atoms with E-state index in [9.17, 15) is 4.79 Å². The molecule has 0 aromatic heterocycles. The van der Waals surface area contributed by atoms with Gasteiger partial charge in [0.15, 0.2) is 0 Å². The smallest absolute Gasteiger partial charge is 0.227 e. The number of likely N-dealkylation sites (N-methyl/N-ethyl adjacent to an activating group) is 1. The number of nitrogens with one attached hydrogen (secondary N) is 1. The van der Waals surface area contributed by atoms with Gasteiger partial charge in [-0.05, 0) is 50.6 Å². The van der Waals surface area contributed by atoms with Crippen molar-refractivity contribution in [1.82, 2.24) is 10.2 Å². The number of hydrogen-bond acceptors (Lipinski definition) is 3. The highest BCUT2D eigenvalue weighted by Crippen LogP contribution is 2.16. The quantitative estimate of drug-likeness (QED) is 0.892. The minimum Gasteiger partial charge on any atom is -0.497 e. The summed E-state index contributed by atoms with van der Waals surface area (Å²) in [6.07, 6.45) is 2.56. The molecule has 1 N–H and O–H groups in total. The molecule has 1 amide bonds. The van der Waals surface area contributed by atoms with Gasteiger partial charge in [0.1, 0.15) is 5.75 Å². The van der Waals surface area contributed by atoms with E-state index in [1.807, 2.05) is 29.2 Å². The maximum atomic E-state index is 12.5. The molecule has 0 aliphatic carbocycles. The lowest BCUT2D eigenvalue weighted by atomic mass is 10.0. The van der Waals surface area contributed by atoms with Crippen molar-refractivity contribution in [2.45, 2.75) is 32.2 Å². The van der Waals surface area contributed by atoms with E-state index >= 15 is 0 Å². The number of ether oxygens (including phenoxy) is 1. The topological polar surface area (TPSA) is 41.6 Å². The molecular weight excluding hydrogens is 252 g/mol. The Labute approximate surface area is 121 Å². The molecule has 110 valence electrons. The molecule has 1 aromatic carbocycles. The van der Waals surface area contributed by atoms with E-state index in [-0.39, 0.29) is 5.91 Å². The SMILES string of the molecule is CCN(C(=O)Cc1cccc(OC)c1)C1CCNCC1. The summed E-state index contributed by atoms with van der Waals surface area (Å²) in [6.45, 7) is 4.86. The zero-order valence-corrected chi connectivity index (χ0v) is 12.4. The molecule has 1 saturated heterocycles. The van der Waals surface area contributed by atoms with Crippen molar-refractivity contribution in [1.29, 1.82) is 0 Å². The molecular formula is C16H24N2O2. The Bertz CT molecular complexity index is 442. The number of amides is 1. The van der Waals surface area contributed by atoms with Gasteiger partial charge in [-0.15, -0.1) is 0 Å². The van der Waals surface area contributed by atoms with E-state index in [2.05, 4.69) is 12.2 Å². The second kappa shape index (κ2) is 7.29. The third-order valence-corrected chi connectivity index (χ3v) is 3.90. The highest BCUT2D eigenvalue weighted by Gasteiger charge is 2.23. The van der Waals surface area contributed by atoms with Crippen molar-refractivity contribution >= 4 is 5.91 Å². The lowest BCUT2D eigenvalue weighted by molar-refractivity contribution is -0.133. The minimum atomic E-state index is 0.215.